The first-order valence-electron chi connectivity index (χ1n) is 4.91. The SMILES string of the molecule is Cc1nc(CC(O)c2cc(Cl)cs2)sc1C. The van der Waals surface area contributed by atoms with Crippen LogP contribution in [-0.2, 0) is 6.42 Å². The molecule has 2 nitrogen and oxygen atoms in total. The molecule has 5 heteroatoms. The van der Waals surface area contributed by atoms with Gasteiger partial charge in [0.15, 0.2) is 0 Å². The molecule has 16 heavy (non-hydrogen) atoms. The zero-order valence-corrected chi connectivity index (χ0v) is 11.4. The lowest BCUT2D eigenvalue weighted by Crippen LogP contribution is -1.98. The minimum absolute atomic E-state index is 0.498. The van der Waals surface area contributed by atoms with Crippen LogP contribution < -0.4 is 0 Å². The molecular weight excluding hydrogens is 262 g/mol. The van der Waals surface area contributed by atoms with Crippen molar-refractivity contribution in [2.45, 2.75) is 26.4 Å². The smallest absolute Gasteiger partial charge is 0.0960 e. The second-order valence-corrected chi connectivity index (χ2v) is 6.30. The van der Waals surface area contributed by atoms with Gasteiger partial charge in [0.05, 0.1) is 21.8 Å². The van der Waals surface area contributed by atoms with E-state index in [9.17, 15) is 5.11 Å². The fourth-order valence-corrected chi connectivity index (χ4v) is 3.43. The summed E-state index contributed by atoms with van der Waals surface area (Å²) in [5.41, 5.74) is 1.05. The van der Waals surface area contributed by atoms with Gasteiger partial charge in [0.25, 0.3) is 0 Å². The van der Waals surface area contributed by atoms with Gasteiger partial charge in [-0.2, -0.15) is 0 Å². The van der Waals surface area contributed by atoms with Gasteiger partial charge >= 0.3 is 0 Å². The number of aliphatic hydroxyl groups is 1. The molecule has 0 radical (unpaired) electrons. The summed E-state index contributed by atoms with van der Waals surface area (Å²) >= 11 is 8.95. The molecule has 0 aliphatic rings. The Kier molecular flexibility index (Phi) is 3.64. The molecule has 1 atom stereocenters. The molecule has 1 unspecified atom stereocenters. The van der Waals surface area contributed by atoms with Gasteiger partial charge < -0.3 is 5.11 Å². The number of hydrogen-bond donors (Lipinski definition) is 1. The van der Waals surface area contributed by atoms with Crippen molar-refractivity contribution in [1.29, 1.82) is 0 Å². The van der Waals surface area contributed by atoms with Crippen molar-refractivity contribution in [3.8, 4) is 0 Å². The standard InChI is InChI=1S/C11H12ClNOS2/c1-6-7(2)16-11(13-6)4-9(14)10-3-8(12)5-15-10/h3,5,9,14H,4H2,1-2H3. The molecule has 0 saturated carbocycles. The van der Waals surface area contributed by atoms with Crippen molar-refractivity contribution in [3.05, 3.63) is 36.9 Å². The van der Waals surface area contributed by atoms with E-state index in [1.165, 1.54) is 16.2 Å². The number of aromatic nitrogens is 1. The Morgan fingerprint density at radius 3 is 2.75 bits per heavy atom. The quantitative estimate of drug-likeness (QED) is 0.924. The molecule has 2 rings (SSSR count). The summed E-state index contributed by atoms with van der Waals surface area (Å²) in [7, 11) is 0. The maximum atomic E-state index is 10.0. The third-order valence-electron chi connectivity index (χ3n) is 2.36. The average Bonchev–Trinajstić information content (AvgIpc) is 2.75. The fraction of sp³-hybridized carbons (Fsp3) is 0.364. The van der Waals surface area contributed by atoms with E-state index >= 15 is 0 Å². The van der Waals surface area contributed by atoms with Gasteiger partial charge in [-0.05, 0) is 19.9 Å². The van der Waals surface area contributed by atoms with Gasteiger partial charge in [-0.1, -0.05) is 11.6 Å². The van der Waals surface area contributed by atoms with Crippen LogP contribution in [0, 0.1) is 13.8 Å². The lowest BCUT2D eigenvalue weighted by molar-refractivity contribution is 0.182. The number of hydrogen-bond acceptors (Lipinski definition) is 4. The van der Waals surface area contributed by atoms with E-state index in [4.69, 9.17) is 11.6 Å². The minimum Gasteiger partial charge on any atom is -0.387 e. The van der Waals surface area contributed by atoms with E-state index in [-0.39, 0.29) is 0 Å². The van der Waals surface area contributed by atoms with Crippen LogP contribution in [0.25, 0.3) is 0 Å². The molecule has 2 aromatic rings. The number of aryl methyl sites for hydroxylation is 2. The largest absolute Gasteiger partial charge is 0.387 e. The minimum atomic E-state index is -0.498. The predicted molar refractivity (Wildman–Crippen MR) is 69.6 cm³/mol. The lowest BCUT2D eigenvalue weighted by Gasteiger charge is -2.04. The Hall–Kier alpha value is -0.420. The van der Waals surface area contributed by atoms with Crippen LogP contribution in [0.1, 0.15) is 26.6 Å². The van der Waals surface area contributed by atoms with Crippen molar-refractivity contribution < 1.29 is 5.11 Å². The zero-order chi connectivity index (χ0) is 11.7. The van der Waals surface area contributed by atoms with Crippen molar-refractivity contribution in [2.75, 3.05) is 0 Å². The van der Waals surface area contributed by atoms with Crippen LogP contribution in [0.5, 0.6) is 0 Å². The van der Waals surface area contributed by atoms with E-state index < -0.39 is 6.10 Å². The summed E-state index contributed by atoms with van der Waals surface area (Å²) in [6.45, 7) is 4.04. The second-order valence-electron chi connectivity index (χ2n) is 3.64. The Morgan fingerprint density at radius 1 is 1.50 bits per heavy atom. The van der Waals surface area contributed by atoms with E-state index in [0.29, 0.717) is 11.4 Å². The molecule has 2 aromatic heterocycles. The van der Waals surface area contributed by atoms with E-state index in [1.54, 1.807) is 11.3 Å². The first-order valence-corrected chi connectivity index (χ1v) is 6.98. The highest BCUT2D eigenvalue weighted by atomic mass is 35.5. The molecule has 1 N–H and O–H groups in total. The van der Waals surface area contributed by atoms with E-state index in [2.05, 4.69) is 4.98 Å². The molecule has 0 bridgehead atoms. The molecule has 0 aliphatic carbocycles. The Bertz CT molecular complexity index is 472. The van der Waals surface area contributed by atoms with Crippen molar-refractivity contribution in [1.82, 2.24) is 4.98 Å². The second kappa shape index (κ2) is 4.84. The first-order chi connectivity index (χ1) is 7.56. The number of halogens is 1. The maximum Gasteiger partial charge on any atom is 0.0960 e. The lowest BCUT2D eigenvalue weighted by atomic mass is 10.2. The topological polar surface area (TPSA) is 33.1 Å². The molecule has 0 spiro atoms. The Balaban J connectivity index is 2.10. The van der Waals surface area contributed by atoms with Crippen LogP contribution >= 0.6 is 34.3 Å². The number of thiazole rings is 1. The summed E-state index contributed by atoms with van der Waals surface area (Å²) < 4.78 is 0. The molecule has 0 amide bonds. The molecule has 0 aromatic carbocycles. The number of aliphatic hydroxyl groups excluding tert-OH is 1. The van der Waals surface area contributed by atoms with E-state index in [1.807, 2.05) is 25.3 Å². The van der Waals surface area contributed by atoms with Crippen molar-refractivity contribution >= 4 is 34.3 Å². The molecule has 0 fully saturated rings. The number of thiophene rings is 1. The fourth-order valence-electron chi connectivity index (χ4n) is 1.40. The molecule has 0 aliphatic heterocycles. The normalized spacial score (nSPS) is 13.0. The van der Waals surface area contributed by atoms with Gasteiger partial charge in [-0.15, -0.1) is 22.7 Å². The predicted octanol–water partition coefficient (Wildman–Crippen LogP) is 3.75. The van der Waals surface area contributed by atoms with Gasteiger partial charge in [0.2, 0.25) is 0 Å². The summed E-state index contributed by atoms with van der Waals surface area (Å²) in [6, 6.07) is 1.81. The van der Waals surface area contributed by atoms with Crippen LogP contribution in [0.2, 0.25) is 5.02 Å². The first kappa shape index (κ1) is 12.0. The van der Waals surface area contributed by atoms with Gasteiger partial charge in [0.1, 0.15) is 0 Å². The van der Waals surface area contributed by atoms with Crippen molar-refractivity contribution in [3.63, 3.8) is 0 Å². The van der Waals surface area contributed by atoms with Crippen LogP contribution in [-0.4, -0.2) is 10.1 Å². The molecular formula is C11H12ClNOS2. The van der Waals surface area contributed by atoms with Gasteiger partial charge in [-0.3, -0.25) is 0 Å². The third-order valence-corrected chi connectivity index (χ3v) is 4.83. The molecule has 2 heterocycles. The molecule has 0 saturated heterocycles. The summed E-state index contributed by atoms with van der Waals surface area (Å²) in [4.78, 5) is 6.53. The number of nitrogens with zero attached hydrogens (tertiary/aromatic N) is 1. The van der Waals surface area contributed by atoms with Crippen LogP contribution in [0.15, 0.2) is 11.4 Å². The highest BCUT2D eigenvalue weighted by Crippen LogP contribution is 2.29. The van der Waals surface area contributed by atoms with E-state index in [0.717, 1.165) is 15.6 Å². The van der Waals surface area contributed by atoms with Crippen molar-refractivity contribution in [2.24, 2.45) is 0 Å². The van der Waals surface area contributed by atoms with Gasteiger partial charge in [0, 0.05) is 21.6 Å². The monoisotopic (exact) mass is 273 g/mol. The summed E-state index contributed by atoms with van der Waals surface area (Å²) in [5.74, 6) is 0. The zero-order valence-electron chi connectivity index (χ0n) is 9.03. The summed E-state index contributed by atoms with van der Waals surface area (Å²) in [5, 5.41) is 13.5. The maximum absolute atomic E-state index is 10.0. The number of rotatable bonds is 3. The highest BCUT2D eigenvalue weighted by Gasteiger charge is 2.14. The molecule has 86 valence electrons. The Labute approximate surface area is 108 Å². The highest BCUT2D eigenvalue weighted by molar-refractivity contribution is 7.11. The average molecular weight is 274 g/mol. The summed E-state index contributed by atoms with van der Waals surface area (Å²) in [6.07, 6.45) is 0.0679. The Morgan fingerprint density at radius 2 is 2.25 bits per heavy atom. The van der Waals surface area contributed by atoms with Gasteiger partial charge in [-0.25, -0.2) is 4.98 Å². The van der Waals surface area contributed by atoms with Crippen LogP contribution in [0.3, 0.4) is 0 Å². The van der Waals surface area contributed by atoms with Crippen LogP contribution in [0.4, 0.5) is 0 Å². The third kappa shape index (κ3) is 2.63.